The molecule has 0 amide bonds. The third-order valence-electron chi connectivity index (χ3n) is 4.25. The molecule has 1 heterocycles. The quantitative estimate of drug-likeness (QED) is 0.434. The van der Waals surface area contributed by atoms with Crippen molar-refractivity contribution in [3.05, 3.63) is 95.7 Å². The average Bonchev–Trinajstić information content (AvgIpc) is 3.19. The van der Waals surface area contributed by atoms with Gasteiger partial charge < -0.3 is 14.5 Å². The van der Waals surface area contributed by atoms with Gasteiger partial charge in [-0.2, -0.15) is 10.2 Å². The third-order valence-corrected chi connectivity index (χ3v) is 4.25. The summed E-state index contributed by atoms with van der Waals surface area (Å²) in [5, 5.41) is 12.4. The fraction of sp³-hybridized carbons (Fsp3) is 0.0435. The lowest BCUT2D eigenvalue weighted by atomic mass is 10.2. The maximum atomic E-state index is 13.1. The van der Waals surface area contributed by atoms with Gasteiger partial charge in [0.25, 0.3) is 0 Å². The largest absolute Gasteiger partial charge is 0.457 e. The van der Waals surface area contributed by atoms with E-state index in [9.17, 15) is 14.0 Å². The van der Waals surface area contributed by atoms with Crippen molar-refractivity contribution in [1.29, 1.82) is 5.26 Å². The summed E-state index contributed by atoms with van der Waals surface area (Å²) in [4.78, 5) is 4.15. The Morgan fingerprint density at radius 2 is 1.43 bits per heavy atom. The molecular formula is C23H15F2N3O2. The summed E-state index contributed by atoms with van der Waals surface area (Å²) in [6.45, 7) is 0.392. The number of anilines is 1. The van der Waals surface area contributed by atoms with Gasteiger partial charge in [-0.3, -0.25) is 0 Å². The molecule has 0 spiro atoms. The maximum Gasteiger partial charge on any atom is 0.232 e. The zero-order valence-corrected chi connectivity index (χ0v) is 15.6. The lowest BCUT2D eigenvalue weighted by molar-refractivity contribution is 0.480. The predicted octanol–water partition coefficient (Wildman–Crippen LogP) is 5.90. The first-order valence-corrected chi connectivity index (χ1v) is 9.04. The number of rotatable bonds is 6. The average molecular weight is 403 g/mol. The molecule has 0 saturated heterocycles. The summed E-state index contributed by atoms with van der Waals surface area (Å²) in [5.74, 6) is 0.935. The maximum absolute atomic E-state index is 13.1. The molecule has 0 saturated carbocycles. The van der Waals surface area contributed by atoms with Crippen molar-refractivity contribution in [2.45, 2.75) is 6.54 Å². The Balaban J connectivity index is 1.42. The van der Waals surface area contributed by atoms with Crippen LogP contribution in [0.15, 0.2) is 77.2 Å². The van der Waals surface area contributed by atoms with Crippen LogP contribution in [0.3, 0.4) is 0 Å². The zero-order valence-electron chi connectivity index (χ0n) is 15.6. The Hall–Kier alpha value is -4.18. The molecule has 5 nitrogen and oxygen atoms in total. The van der Waals surface area contributed by atoms with Gasteiger partial charge in [-0.15, -0.1) is 0 Å². The normalized spacial score (nSPS) is 10.4. The first kappa shape index (κ1) is 19.2. The van der Waals surface area contributed by atoms with Gasteiger partial charge in [-0.05, 0) is 66.2 Å². The number of hydrogen-bond acceptors (Lipinski definition) is 5. The number of nitrogens with one attached hydrogen (secondary N) is 1. The molecule has 0 aliphatic rings. The minimum atomic E-state index is -0.365. The first-order valence-electron chi connectivity index (χ1n) is 9.04. The van der Waals surface area contributed by atoms with E-state index in [-0.39, 0.29) is 29.1 Å². The van der Waals surface area contributed by atoms with Gasteiger partial charge in [0, 0.05) is 12.1 Å². The molecule has 4 rings (SSSR count). The van der Waals surface area contributed by atoms with Gasteiger partial charge in [-0.25, -0.2) is 8.78 Å². The van der Waals surface area contributed by atoms with Gasteiger partial charge >= 0.3 is 0 Å². The van der Waals surface area contributed by atoms with Crippen LogP contribution in [-0.2, 0) is 6.54 Å². The SMILES string of the molecule is N#Cc1nc(-c2ccc(F)cc2)oc1NCc1ccc(Oc2ccc(F)cc2)cc1. The summed E-state index contributed by atoms with van der Waals surface area (Å²) in [5.41, 5.74) is 1.61. The van der Waals surface area contributed by atoms with E-state index >= 15 is 0 Å². The number of nitriles is 1. The van der Waals surface area contributed by atoms with Crippen molar-refractivity contribution >= 4 is 5.88 Å². The third kappa shape index (κ3) is 4.45. The Bertz CT molecular complexity index is 1180. The standard InChI is InChI=1S/C23H15F2N3O2/c24-17-5-3-16(4-6-17)22-28-21(13-26)23(30-22)27-14-15-1-9-19(10-2-15)29-20-11-7-18(25)8-12-20/h1-12,27H,14H2. The summed E-state index contributed by atoms with van der Waals surface area (Å²) in [7, 11) is 0. The second kappa shape index (κ2) is 8.45. The summed E-state index contributed by atoms with van der Waals surface area (Å²) >= 11 is 0. The second-order valence-electron chi connectivity index (χ2n) is 6.37. The zero-order chi connectivity index (χ0) is 20.9. The molecule has 0 aliphatic carbocycles. The number of halogens is 2. The highest BCUT2D eigenvalue weighted by Crippen LogP contribution is 2.26. The van der Waals surface area contributed by atoms with Crippen LogP contribution in [0, 0.1) is 23.0 Å². The molecule has 0 aliphatic heterocycles. The molecular weight excluding hydrogens is 388 g/mol. The van der Waals surface area contributed by atoms with Crippen LogP contribution in [0.25, 0.3) is 11.5 Å². The van der Waals surface area contributed by atoms with Gasteiger partial charge in [0.1, 0.15) is 29.2 Å². The van der Waals surface area contributed by atoms with E-state index in [1.54, 1.807) is 24.3 Å². The molecule has 1 aromatic heterocycles. The molecule has 148 valence electrons. The fourth-order valence-electron chi connectivity index (χ4n) is 2.73. The fourth-order valence-corrected chi connectivity index (χ4v) is 2.73. The number of ether oxygens (including phenoxy) is 1. The molecule has 1 N–H and O–H groups in total. The molecule has 0 unspecified atom stereocenters. The van der Waals surface area contributed by atoms with Crippen LogP contribution in [0.1, 0.15) is 11.3 Å². The molecule has 7 heteroatoms. The van der Waals surface area contributed by atoms with E-state index < -0.39 is 0 Å². The van der Waals surface area contributed by atoms with Crippen LogP contribution >= 0.6 is 0 Å². The van der Waals surface area contributed by atoms with Crippen LogP contribution in [0.4, 0.5) is 14.7 Å². The summed E-state index contributed by atoms with van der Waals surface area (Å²) < 4.78 is 37.4. The van der Waals surface area contributed by atoms with E-state index in [4.69, 9.17) is 9.15 Å². The van der Waals surface area contributed by atoms with Crippen LogP contribution in [0.2, 0.25) is 0 Å². The van der Waals surface area contributed by atoms with E-state index in [1.807, 2.05) is 18.2 Å². The molecule has 0 fully saturated rings. The van der Waals surface area contributed by atoms with Crippen molar-refractivity contribution in [2.24, 2.45) is 0 Å². The van der Waals surface area contributed by atoms with Gasteiger partial charge in [0.15, 0.2) is 0 Å². The van der Waals surface area contributed by atoms with Crippen molar-refractivity contribution in [1.82, 2.24) is 4.98 Å². The number of oxazole rings is 1. The summed E-state index contributed by atoms with van der Waals surface area (Å²) in [6.07, 6.45) is 0. The van der Waals surface area contributed by atoms with Crippen LogP contribution in [0.5, 0.6) is 11.5 Å². The van der Waals surface area contributed by atoms with Gasteiger partial charge in [0.05, 0.1) is 0 Å². The minimum absolute atomic E-state index is 0.116. The highest BCUT2D eigenvalue weighted by molar-refractivity contribution is 5.58. The van der Waals surface area contributed by atoms with Crippen molar-refractivity contribution < 1.29 is 17.9 Å². The number of benzene rings is 3. The minimum Gasteiger partial charge on any atom is -0.457 e. The summed E-state index contributed by atoms with van der Waals surface area (Å²) in [6, 6.07) is 20.7. The van der Waals surface area contributed by atoms with E-state index in [0.29, 0.717) is 23.6 Å². The second-order valence-corrected chi connectivity index (χ2v) is 6.37. The number of nitrogens with zero attached hydrogens (tertiary/aromatic N) is 2. The van der Waals surface area contributed by atoms with E-state index in [1.165, 1.54) is 36.4 Å². The topological polar surface area (TPSA) is 71.1 Å². The highest BCUT2D eigenvalue weighted by Gasteiger charge is 2.14. The smallest absolute Gasteiger partial charge is 0.232 e. The number of aromatic nitrogens is 1. The Morgan fingerprint density at radius 1 is 0.867 bits per heavy atom. The monoisotopic (exact) mass is 403 g/mol. The van der Waals surface area contributed by atoms with E-state index in [2.05, 4.69) is 10.3 Å². The van der Waals surface area contributed by atoms with Crippen molar-refractivity contribution in [3.8, 4) is 29.0 Å². The molecule has 0 atom stereocenters. The van der Waals surface area contributed by atoms with Crippen molar-refractivity contribution in [3.63, 3.8) is 0 Å². The molecule has 0 bridgehead atoms. The Labute approximate surface area is 171 Å². The molecule has 30 heavy (non-hydrogen) atoms. The van der Waals surface area contributed by atoms with Crippen LogP contribution in [-0.4, -0.2) is 4.98 Å². The lowest BCUT2D eigenvalue weighted by Crippen LogP contribution is -1.99. The molecule has 4 aromatic rings. The van der Waals surface area contributed by atoms with Crippen LogP contribution < -0.4 is 10.1 Å². The predicted molar refractivity (Wildman–Crippen MR) is 107 cm³/mol. The Kier molecular flexibility index (Phi) is 5.39. The molecule has 0 radical (unpaired) electrons. The van der Waals surface area contributed by atoms with Gasteiger partial charge in [-0.1, -0.05) is 12.1 Å². The van der Waals surface area contributed by atoms with Crippen molar-refractivity contribution in [2.75, 3.05) is 5.32 Å². The lowest BCUT2D eigenvalue weighted by Gasteiger charge is -2.07. The molecule has 3 aromatic carbocycles. The number of hydrogen-bond donors (Lipinski definition) is 1. The van der Waals surface area contributed by atoms with Gasteiger partial charge in [0.2, 0.25) is 17.5 Å². The highest BCUT2D eigenvalue weighted by atomic mass is 19.1. The Morgan fingerprint density at radius 3 is 2.03 bits per heavy atom. The first-order chi connectivity index (χ1) is 14.6. The van der Waals surface area contributed by atoms with E-state index in [0.717, 1.165) is 5.56 Å².